The Hall–Kier alpha value is -2.18. The molecule has 0 bridgehead atoms. The SMILES string of the molecule is COc1ccc([C@H]2C(=O)CCN2S(=O)(=O)c2ccc(C)cc2)cc1. The molecule has 0 saturated carbocycles. The van der Waals surface area contributed by atoms with E-state index in [1.807, 2.05) is 6.92 Å². The van der Waals surface area contributed by atoms with Crippen molar-refractivity contribution in [1.82, 2.24) is 4.31 Å². The highest BCUT2D eigenvalue weighted by atomic mass is 32.2. The van der Waals surface area contributed by atoms with Crippen molar-refractivity contribution in [3.63, 3.8) is 0 Å². The third-order valence-electron chi connectivity index (χ3n) is 4.23. The Bertz CT molecular complexity index is 842. The summed E-state index contributed by atoms with van der Waals surface area (Å²) in [6, 6.07) is 12.9. The predicted octanol–water partition coefficient (Wildman–Crippen LogP) is 2.71. The van der Waals surface area contributed by atoms with Crippen LogP contribution in [0.3, 0.4) is 0 Å². The van der Waals surface area contributed by atoms with Gasteiger partial charge in [0.2, 0.25) is 10.0 Å². The number of ketones is 1. The third-order valence-corrected chi connectivity index (χ3v) is 6.11. The van der Waals surface area contributed by atoms with Crippen LogP contribution in [0.2, 0.25) is 0 Å². The zero-order valence-corrected chi connectivity index (χ0v) is 14.4. The number of benzene rings is 2. The summed E-state index contributed by atoms with van der Waals surface area (Å²) >= 11 is 0. The molecule has 0 aromatic heterocycles. The Kier molecular flexibility index (Phi) is 4.43. The third kappa shape index (κ3) is 2.95. The van der Waals surface area contributed by atoms with Gasteiger partial charge in [0.15, 0.2) is 5.78 Å². The quantitative estimate of drug-likeness (QED) is 0.855. The Morgan fingerprint density at radius 1 is 1.04 bits per heavy atom. The molecule has 0 N–H and O–H groups in total. The van der Waals surface area contributed by atoms with Crippen molar-refractivity contribution < 1.29 is 17.9 Å². The van der Waals surface area contributed by atoms with Gasteiger partial charge in [0, 0.05) is 13.0 Å². The number of aryl methyl sites for hydroxylation is 1. The van der Waals surface area contributed by atoms with Crippen LogP contribution in [0.15, 0.2) is 53.4 Å². The largest absolute Gasteiger partial charge is 0.497 e. The summed E-state index contributed by atoms with van der Waals surface area (Å²) in [5, 5.41) is 0. The van der Waals surface area contributed by atoms with Crippen molar-refractivity contribution in [1.29, 1.82) is 0 Å². The van der Waals surface area contributed by atoms with Crippen LogP contribution in [0.25, 0.3) is 0 Å². The lowest BCUT2D eigenvalue weighted by Crippen LogP contribution is -2.32. The fourth-order valence-electron chi connectivity index (χ4n) is 2.89. The average molecular weight is 345 g/mol. The molecule has 1 saturated heterocycles. The van der Waals surface area contributed by atoms with Gasteiger partial charge < -0.3 is 4.74 Å². The van der Waals surface area contributed by atoms with E-state index in [1.54, 1.807) is 55.6 Å². The normalized spacial score (nSPS) is 18.8. The molecular weight excluding hydrogens is 326 g/mol. The van der Waals surface area contributed by atoms with Gasteiger partial charge in [-0.3, -0.25) is 4.79 Å². The maximum absolute atomic E-state index is 12.9. The number of hydrogen-bond acceptors (Lipinski definition) is 4. The van der Waals surface area contributed by atoms with E-state index in [0.717, 1.165) is 5.56 Å². The van der Waals surface area contributed by atoms with E-state index in [2.05, 4.69) is 0 Å². The topological polar surface area (TPSA) is 63.7 Å². The molecule has 24 heavy (non-hydrogen) atoms. The second kappa shape index (κ2) is 6.37. The number of methoxy groups -OCH3 is 1. The zero-order valence-electron chi connectivity index (χ0n) is 13.6. The highest BCUT2D eigenvalue weighted by Crippen LogP contribution is 2.34. The van der Waals surface area contributed by atoms with Crippen molar-refractivity contribution in [3.8, 4) is 5.75 Å². The van der Waals surface area contributed by atoms with Crippen LogP contribution in [0.5, 0.6) is 5.75 Å². The summed E-state index contributed by atoms with van der Waals surface area (Å²) in [6.07, 6.45) is 0.224. The summed E-state index contributed by atoms with van der Waals surface area (Å²) < 4.78 is 32.3. The molecular formula is C18H19NO4S. The summed E-state index contributed by atoms with van der Waals surface area (Å²) in [5.41, 5.74) is 1.65. The van der Waals surface area contributed by atoms with Gasteiger partial charge in [0.25, 0.3) is 0 Å². The van der Waals surface area contributed by atoms with Gasteiger partial charge >= 0.3 is 0 Å². The number of hydrogen-bond donors (Lipinski definition) is 0. The summed E-state index contributed by atoms with van der Waals surface area (Å²) in [4.78, 5) is 12.5. The van der Waals surface area contributed by atoms with E-state index in [0.29, 0.717) is 11.3 Å². The number of ether oxygens (including phenoxy) is 1. The molecule has 0 spiro atoms. The van der Waals surface area contributed by atoms with E-state index in [1.165, 1.54) is 4.31 Å². The second-order valence-electron chi connectivity index (χ2n) is 5.82. The van der Waals surface area contributed by atoms with Gasteiger partial charge in [0.1, 0.15) is 11.8 Å². The molecule has 0 unspecified atom stereocenters. The smallest absolute Gasteiger partial charge is 0.244 e. The number of Topliss-reactive ketones (excluding diaryl/α,β-unsaturated/α-hetero) is 1. The Balaban J connectivity index is 1.99. The lowest BCUT2D eigenvalue weighted by Gasteiger charge is -2.23. The van der Waals surface area contributed by atoms with Gasteiger partial charge in [-0.1, -0.05) is 29.8 Å². The maximum atomic E-state index is 12.9. The number of rotatable bonds is 4. The van der Waals surface area contributed by atoms with Crippen molar-refractivity contribution in [2.75, 3.05) is 13.7 Å². The minimum atomic E-state index is -3.72. The van der Waals surface area contributed by atoms with E-state index in [4.69, 9.17) is 4.74 Å². The van der Waals surface area contributed by atoms with Gasteiger partial charge in [-0.2, -0.15) is 4.31 Å². The zero-order chi connectivity index (χ0) is 17.3. The molecule has 0 aliphatic carbocycles. The van der Waals surface area contributed by atoms with Crippen molar-refractivity contribution in [2.24, 2.45) is 0 Å². The van der Waals surface area contributed by atoms with Crippen LogP contribution in [-0.2, 0) is 14.8 Å². The van der Waals surface area contributed by atoms with Gasteiger partial charge in [0.05, 0.1) is 12.0 Å². The fourth-order valence-corrected chi connectivity index (χ4v) is 4.49. The molecule has 2 aromatic carbocycles. The summed E-state index contributed by atoms with van der Waals surface area (Å²) in [6.45, 7) is 2.10. The van der Waals surface area contributed by atoms with Gasteiger partial charge in [-0.05, 0) is 36.8 Å². The molecule has 1 fully saturated rings. The maximum Gasteiger partial charge on any atom is 0.244 e. The van der Waals surface area contributed by atoms with E-state index >= 15 is 0 Å². The van der Waals surface area contributed by atoms with E-state index < -0.39 is 16.1 Å². The highest BCUT2D eigenvalue weighted by molar-refractivity contribution is 7.89. The minimum absolute atomic E-state index is 0.0872. The van der Waals surface area contributed by atoms with Gasteiger partial charge in [-0.15, -0.1) is 0 Å². The fraction of sp³-hybridized carbons (Fsp3) is 0.278. The molecule has 5 nitrogen and oxygen atoms in total. The Morgan fingerprint density at radius 3 is 2.25 bits per heavy atom. The van der Waals surface area contributed by atoms with Crippen LogP contribution >= 0.6 is 0 Å². The molecule has 0 radical (unpaired) electrons. The molecule has 126 valence electrons. The minimum Gasteiger partial charge on any atom is -0.497 e. The van der Waals surface area contributed by atoms with Gasteiger partial charge in [-0.25, -0.2) is 8.42 Å². The van der Waals surface area contributed by atoms with Crippen LogP contribution in [0.4, 0.5) is 0 Å². The Morgan fingerprint density at radius 2 is 1.67 bits per heavy atom. The van der Waals surface area contributed by atoms with Crippen molar-refractivity contribution in [2.45, 2.75) is 24.3 Å². The van der Waals surface area contributed by atoms with Crippen LogP contribution in [-0.4, -0.2) is 32.2 Å². The number of sulfonamides is 1. The number of carbonyl (C=O) groups excluding carboxylic acids is 1. The molecule has 6 heteroatoms. The second-order valence-corrected chi connectivity index (χ2v) is 7.71. The molecule has 1 aliphatic rings. The summed E-state index contributed by atoms with van der Waals surface area (Å²) in [5.74, 6) is 0.577. The van der Waals surface area contributed by atoms with E-state index in [9.17, 15) is 13.2 Å². The average Bonchev–Trinajstić information content (AvgIpc) is 2.98. The standard InChI is InChI=1S/C18H19NO4S/c1-13-3-9-16(10-4-13)24(21,22)19-12-11-17(20)18(19)14-5-7-15(23-2)8-6-14/h3-10,18H,11-12H2,1-2H3/t18-/m0/s1. The first-order valence-electron chi connectivity index (χ1n) is 7.68. The molecule has 3 rings (SSSR count). The molecule has 1 heterocycles. The Labute approximate surface area is 141 Å². The van der Waals surface area contributed by atoms with Crippen LogP contribution in [0.1, 0.15) is 23.6 Å². The summed E-state index contributed by atoms with van der Waals surface area (Å²) in [7, 11) is -2.16. The molecule has 2 aromatic rings. The van der Waals surface area contributed by atoms with Crippen molar-refractivity contribution >= 4 is 15.8 Å². The number of nitrogens with zero attached hydrogens (tertiary/aromatic N) is 1. The van der Waals surface area contributed by atoms with E-state index in [-0.39, 0.29) is 23.6 Å². The molecule has 1 atom stereocenters. The first-order chi connectivity index (χ1) is 11.4. The monoisotopic (exact) mass is 345 g/mol. The molecule has 1 aliphatic heterocycles. The predicted molar refractivity (Wildman–Crippen MR) is 90.4 cm³/mol. The highest BCUT2D eigenvalue weighted by Gasteiger charge is 2.41. The number of carbonyl (C=O) groups is 1. The first kappa shape index (κ1) is 16.7. The lowest BCUT2D eigenvalue weighted by atomic mass is 10.0. The first-order valence-corrected chi connectivity index (χ1v) is 9.12. The lowest BCUT2D eigenvalue weighted by molar-refractivity contribution is -0.119. The van der Waals surface area contributed by atoms with Crippen LogP contribution in [0, 0.1) is 6.92 Å². The van der Waals surface area contributed by atoms with Crippen LogP contribution < -0.4 is 4.74 Å². The molecule has 0 amide bonds. The van der Waals surface area contributed by atoms with Crippen molar-refractivity contribution in [3.05, 3.63) is 59.7 Å².